The van der Waals surface area contributed by atoms with E-state index in [0.29, 0.717) is 5.69 Å². The van der Waals surface area contributed by atoms with Crippen LogP contribution in [0.5, 0.6) is 0 Å². The Hall–Kier alpha value is -3.22. The highest BCUT2D eigenvalue weighted by molar-refractivity contribution is 5.98. The zero-order valence-corrected chi connectivity index (χ0v) is 14.8. The first-order chi connectivity index (χ1) is 12.3. The zero-order valence-electron chi connectivity index (χ0n) is 14.8. The largest absolute Gasteiger partial charge is 0.452 e. The summed E-state index contributed by atoms with van der Waals surface area (Å²) in [6, 6.07) is 13.1. The van der Waals surface area contributed by atoms with Crippen LogP contribution in [0, 0.1) is 17.0 Å². The fourth-order valence-corrected chi connectivity index (χ4v) is 2.64. The minimum absolute atomic E-state index is 0.0720. The number of nitrogens with zero attached hydrogens (tertiary/aromatic N) is 2. The molecule has 0 aliphatic carbocycles. The van der Waals surface area contributed by atoms with Crippen LogP contribution in [-0.2, 0) is 9.53 Å². The normalized spacial score (nSPS) is 10.5. The van der Waals surface area contributed by atoms with Crippen molar-refractivity contribution in [2.24, 2.45) is 0 Å². The number of rotatable bonds is 6. The predicted octanol–water partition coefficient (Wildman–Crippen LogP) is 3.50. The van der Waals surface area contributed by atoms with E-state index in [9.17, 15) is 19.7 Å². The monoisotopic (exact) mass is 356 g/mol. The maximum absolute atomic E-state index is 12.5. The van der Waals surface area contributed by atoms with Gasteiger partial charge in [-0.3, -0.25) is 14.9 Å². The summed E-state index contributed by atoms with van der Waals surface area (Å²) in [6.07, 6.45) is 0. The molecule has 0 aliphatic heterocycles. The summed E-state index contributed by atoms with van der Waals surface area (Å²) in [5.74, 6) is -1.14. The Kier molecular flexibility index (Phi) is 6.06. The van der Waals surface area contributed by atoms with Crippen molar-refractivity contribution in [2.45, 2.75) is 26.8 Å². The van der Waals surface area contributed by atoms with Gasteiger partial charge in [0.05, 0.1) is 10.5 Å². The SMILES string of the molecule is Cc1c(C(=O)OCC(=O)N(c2ccccc2)C(C)C)cccc1[N+](=O)[O-]. The average molecular weight is 356 g/mol. The molecule has 7 nitrogen and oxygen atoms in total. The van der Waals surface area contributed by atoms with Gasteiger partial charge in [0.25, 0.3) is 11.6 Å². The van der Waals surface area contributed by atoms with E-state index in [-0.39, 0.29) is 28.8 Å². The summed E-state index contributed by atoms with van der Waals surface area (Å²) in [6.45, 7) is 4.74. The molecule has 0 saturated heterocycles. The van der Waals surface area contributed by atoms with Crippen molar-refractivity contribution >= 4 is 23.3 Å². The number of nitro benzene ring substituents is 1. The average Bonchev–Trinajstić information content (AvgIpc) is 2.60. The second kappa shape index (κ2) is 8.24. The van der Waals surface area contributed by atoms with E-state index >= 15 is 0 Å². The molecule has 0 N–H and O–H groups in total. The fourth-order valence-electron chi connectivity index (χ4n) is 2.64. The number of hydrogen-bond donors (Lipinski definition) is 0. The third-order valence-corrected chi connectivity index (χ3v) is 3.87. The van der Waals surface area contributed by atoms with E-state index in [0.717, 1.165) is 0 Å². The number of hydrogen-bond acceptors (Lipinski definition) is 5. The molecule has 0 bridgehead atoms. The van der Waals surface area contributed by atoms with Crippen LogP contribution in [0.1, 0.15) is 29.8 Å². The molecule has 0 atom stereocenters. The number of amides is 1. The molecule has 0 fully saturated rings. The minimum Gasteiger partial charge on any atom is -0.452 e. The van der Waals surface area contributed by atoms with Gasteiger partial charge in [-0.1, -0.05) is 24.3 Å². The highest BCUT2D eigenvalue weighted by Gasteiger charge is 2.23. The Labute approximate surface area is 151 Å². The second-order valence-corrected chi connectivity index (χ2v) is 5.98. The van der Waals surface area contributed by atoms with Crippen molar-refractivity contribution in [1.29, 1.82) is 0 Å². The van der Waals surface area contributed by atoms with Gasteiger partial charge in [0.15, 0.2) is 6.61 Å². The smallest absolute Gasteiger partial charge is 0.339 e. The zero-order chi connectivity index (χ0) is 19.3. The lowest BCUT2D eigenvalue weighted by Gasteiger charge is -2.26. The number of ether oxygens (including phenoxy) is 1. The summed E-state index contributed by atoms with van der Waals surface area (Å²) in [5.41, 5.74) is 0.815. The fraction of sp³-hybridized carbons (Fsp3) is 0.263. The number of anilines is 1. The summed E-state index contributed by atoms with van der Waals surface area (Å²) in [5, 5.41) is 11.0. The van der Waals surface area contributed by atoms with E-state index in [1.165, 1.54) is 30.0 Å². The standard InChI is InChI=1S/C19H20N2O5/c1-13(2)20(15-8-5-4-6-9-15)18(22)12-26-19(23)16-10-7-11-17(14(16)3)21(24)25/h4-11,13H,12H2,1-3H3. The van der Waals surface area contributed by atoms with Crippen molar-refractivity contribution in [3.63, 3.8) is 0 Å². The molecule has 2 rings (SSSR count). The van der Waals surface area contributed by atoms with Gasteiger partial charge in [-0.2, -0.15) is 0 Å². The molecule has 0 heterocycles. The van der Waals surface area contributed by atoms with Crippen molar-refractivity contribution in [3.8, 4) is 0 Å². The lowest BCUT2D eigenvalue weighted by molar-refractivity contribution is -0.385. The first-order valence-corrected chi connectivity index (χ1v) is 8.11. The summed E-state index contributed by atoms with van der Waals surface area (Å²) in [7, 11) is 0. The van der Waals surface area contributed by atoms with Gasteiger partial charge in [-0.05, 0) is 39.0 Å². The molecule has 0 aliphatic rings. The van der Waals surface area contributed by atoms with Crippen LogP contribution in [-0.4, -0.2) is 29.4 Å². The van der Waals surface area contributed by atoms with E-state index in [2.05, 4.69) is 0 Å². The van der Waals surface area contributed by atoms with E-state index in [1.807, 2.05) is 32.0 Å². The molecular formula is C19H20N2O5. The maximum atomic E-state index is 12.5. The number of carbonyl (C=O) groups is 2. The van der Waals surface area contributed by atoms with Gasteiger partial charge in [-0.25, -0.2) is 4.79 Å². The van der Waals surface area contributed by atoms with Gasteiger partial charge < -0.3 is 9.64 Å². The molecular weight excluding hydrogens is 336 g/mol. The number of esters is 1. The lowest BCUT2D eigenvalue weighted by atomic mass is 10.1. The van der Waals surface area contributed by atoms with E-state index in [4.69, 9.17) is 4.74 Å². The van der Waals surface area contributed by atoms with Gasteiger partial charge in [0.2, 0.25) is 0 Å². The Bertz CT molecular complexity index is 818. The molecule has 2 aromatic rings. The van der Waals surface area contributed by atoms with Crippen molar-refractivity contribution in [3.05, 3.63) is 69.8 Å². The molecule has 7 heteroatoms. The molecule has 1 amide bonds. The number of para-hydroxylation sites is 1. The third-order valence-electron chi connectivity index (χ3n) is 3.87. The second-order valence-electron chi connectivity index (χ2n) is 5.98. The first kappa shape index (κ1) is 19.1. The van der Waals surface area contributed by atoms with Gasteiger partial charge in [0, 0.05) is 23.4 Å². The van der Waals surface area contributed by atoms with Crippen LogP contribution in [0.4, 0.5) is 11.4 Å². The van der Waals surface area contributed by atoms with Crippen LogP contribution >= 0.6 is 0 Å². The molecule has 0 aromatic heterocycles. The Morgan fingerprint density at radius 1 is 1.12 bits per heavy atom. The molecule has 0 saturated carbocycles. The summed E-state index contributed by atoms with van der Waals surface area (Å²) < 4.78 is 5.11. The Balaban J connectivity index is 2.12. The Morgan fingerprint density at radius 3 is 2.35 bits per heavy atom. The number of benzene rings is 2. The van der Waals surface area contributed by atoms with Crippen LogP contribution in [0.3, 0.4) is 0 Å². The van der Waals surface area contributed by atoms with Gasteiger partial charge in [-0.15, -0.1) is 0 Å². The maximum Gasteiger partial charge on any atom is 0.339 e. The molecule has 0 unspecified atom stereocenters. The third kappa shape index (κ3) is 4.24. The van der Waals surface area contributed by atoms with E-state index < -0.39 is 17.5 Å². The predicted molar refractivity (Wildman–Crippen MR) is 97.2 cm³/mol. The first-order valence-electron chi connectivity index (χ1n) is 8.11. The number of nitro groups is 1. The highest BCUT2D eigenvalue weighted by Crippen LogP contribution is 2.22. The number of carbonyl (C=O) groups excluding carboxylic acids is 2. The summed E-state index contributed by atoms with van der Waals surface area (Å²) in [4.78, 5) is 36.7. The highest BCUT2D eigenvalue weighted by atomic mass is 16.6. The van der Waals surface area contributed by atoms with Gasteiger partial charge in [0.1, 0.15) is 0 Å². The van der Waals surface area contributed by atoms with Gasteiger partial charge >= 0.3 is 5.97 Å². The quantitative estimate of drug-likeness (QED) is 0.449. The minimum atomic E-state index is -0.767. The van der Waals surface area contributed by atoms with Crippen LogP contribution in [0.2, 0.25) is 0 Å². The molecule has 26 heavy (non-hydrogen) atoms. The van der Waals surface area contributed by atoms with Crippen molar-refractivity contribution < 1.29 is 19.2 Å². The summed E-state index contributed by atoms with van der Waals surface area (Å²) >= 11 is 0. The van der Waals surface area contributed by atoms with Crippen molar-refractivity contribution in [1.82, 2.24) is 0 Å². The van der Waals surface area contributed by atoms with Crippen LogP contribution in [0.15, 0.2) is 48.5 Å². The molecule has 0 spiro atoms. The molecule has 0 radical (unpaired) electrons. The Morgan fingerprint density at radius 2 is 1.77 bits per heavy atom. The van der Waals surface area contributed by atoms with E-state index in [1.54, 1.807) is 12.1 Å². The van der Waals surface area contributed by atoms with Crippen LogP contribution in [0.25, 0.3) is 0 Å². The molecule has 136 valence electrons. The lowest BCUT2D eigenvalue weighted by Crippen LogP contribution is -2.39. The van der Waals surface area contributed by atoms with Crippen LogP contribution < -0.4 is 4.90 Å². The molecule has 2 aromatic carbocycles. The topological polar surface area (TPSA) is 89.8 Å². The van der Waals surface area contributed by atoms with Crippen molar-refractivity contribution in [2.75, 3.05) is 11.5 Å².